The normalized spacial score (nSPS) is 11.4. The molecule has 0 radical (unpaired) electrons. The molecule has 0 aliphatic carbocycles. The summed E-state index contributed by atoms with van der Waals surface area (Å²) in [6.45, 7) is 1.53. The molecular formula is C27H20BrF4N3O4. The Balaban J connectivity index is 1.77. The van der Waals surface area contributed by atoms with E-state index < -0.39 is 36.0 Å². The van der Waals surface area contributed by atoms with E-state index in [4.69, 9.17) is 9.47 Å². The highest BCUT2D eigenvalue weighted by molar-refractivity contribution is 9.10. The van der Waals surface area contributed by atoms with E-state index in [9.17, 15) is 32.4 Å². The van der Waals surface area contributed by atoms with Gasteiger partial charge in [0.15, 0.2) is 18.1 Å². The van der Waals surface area contributed by atoms with Gasteiger partial charge in [-0.25, -0.2) is 4.39 Å². The third-order valence-electron chi connectivity index (χ3n) is 4.93. The van der Waals surface area contributed by atoms with Gasteiger partial charge in [0.2, 0.25) is 0 Å². The topological polar surface area (TPSA) is 100 Å². The lowest BCUT2D eigenvalue weighted by atomic mass is 10.1. The molecule has 7 nitrogen and oxygen atoms in total. The summed E-state index contributed by atoms with van der Waals surface area (Å²) in [7, 11) is 0. The molecule has 12 heteroatoms. The zero-order valence-electron chi connectivity index (χ0n) is 20.2. The Hall–Kier alpha value is -4.37. The van der Waals surface area contributed by atoms with E-state index in [2.05, 4.69) is 26.6 Å². The summed E-state index contributed by atoms with van der Waals surface area (Å²) in [4.78, 5) is 24.9. The predicted molar refractivity (Wildman–Crippen MR) is 139 cm³/mol. The number of hydrogen-bond acceptors (Lipinski definition) is 5. The van der Waals surface area contributed by atoms with Gasteiger partial charge in [0.05, 0.1) is 16.6 Å². The largest absolute Gasteiger partial charge is 0.490 e. The molecule has 3 aromatic rings. The van der Waals surface area contributed by atoms with Crippen LogP contribution in [0.1, 0.15) is 18.1 Å². The van der Waals surface area contributed by atoms with Crippen molar-refractivity contribution in [1.29, 1.82) is 5.26 Å². The van der Waals surface area contributed by atoms with Crippen LogP contribution in [-0.2, 0) is 15.8 Å². The highest BCUT2D eigenvalue weighted by atomic mass is 79.9. The van der Waals surface area contributed by atoms with Gasteiger partial charge in [-0.3, -0.25) is 9.59 Å². The maximum Gasteiger partial charge on any atom is 0.416 e. The molecule has 0 saturated heterocycles. The van der Waals surface area contributed by atoms with Crippen molar-refractivity contribution >= 4 is 45.2 Å². The second-order valence-electron chi connectivity index (χ2n) is 7.81. The number of hydrogen-bond donors (Lipinski definition) is 2. The minimum atomic E-state index is -4.60. The van der Waals surface area contributed by atoms with Crippen molar-refractivity contribution in [2.45, 2.75) is 13.1 Å². The van der Waals surface area contributed by atoms with Crippen molar-refractivity contribution in [3.8, 4) is 17.6 Å². The smallest absolute Gasteiger partial charge is 0.416 e. The average Bonchev–Trinajstić information content (AvgIpc) is 2.88. The summed E-state index contributed by atoms with van der Waals surface area (Å²) in [5.74, 6) is -1.50. The summed E-state index contributed by atoms with van der Waals surface area (Å²) in [5, 5.41) is 14.4. The van der Waals surface area contributed by atoms with Gasteiger partial charge in [-0.2, -0.15) is 18.4 Å². The van der Waals surface area contributed by atoms with Crippen LogP contribution < -0.4 is 20.1 Å². The first kappa shape index (κ1) is 29.2. The number of nitriles is 1. The van der Waals surface area contributed by atoms with Crippen molar-refractivity contribution in [3.05, 3.63) is 87.7 Å². The predicted octanol–water partition coefficient (Wildman–Crippen LogP) is 6.57. The Morgan fingerprint density at radius 3 is 2.38 bits per heavy atom. The van der Waals surface area contributed by atoms with Crippen LogP contribution in [0.15, 0.2) is 70.7 Å². The number of nitrogens with zero attached hydrogens (tertiary/aromatic N) is 1. The van der Waals surface area contributed by atoms with Crippen LogP contribution in [-0.4, -0.2) is 25.0 Å². The summed E-state index contributed by atoms with van der Waals surface area (Å²) in [6, 6.07) is 13.9. The molecule has 0 heterocycles. The average molecular weight is 606 g/mol. The molecule has 0 aliphatic rings. The second-order valence-corrected chi connectivity index (χ2v) is 8.66. The Morgan fingerprint density at radius 1 is 1.03 bits per heavy atom. The van der Waals surface area contributed by atoms with E-state index in [1.807, 2.05) is 0 Å². The molecule has 2 N–H and O–H groups in total. The number of halogens is 5. The molecule has 202 valence electrons. The van der Waals surface area contributed by atoms with Gasteiger partial charge in [0.25, 0.3) is 11.8 Å². The van der Waals surface area contributed by atoms with E-state index >= 15 is 0 Å². The van der Waals surface area contributed by atoms with Crippen LogP contribution in [0.3, 0.4) is 0 Å². The first-order valence-electron chi connectivity index (χ1n) is 11.2. The van der Waals surface area contributed by atoms with Gasteiger partial charge in [-0.15, -0.1) is 0 Å². The Morgan fingerprint density at radius 2 is 1.74 bits per heavy atom. The van der Waals surface area contributed by atoms with Crippen LogP contribution in [0, 0.1) is 17.1 Å². The van der Waals surface area contributed by atoms with Crippen LogP contribution in [0.4, 0.5) is 28.9 Å². The highest BCUT2D eigenvalue weighted by Crippen LogP contribution is 2.38. The second kappa shape index (κ2) is 12.9. The molecule has 3 aromatic carbocycles. The number of nitrogens with one attached hydrogen (secondary N) is 2. The van der Waals surface area contributed by atoms with E-state index in [1.54, 1.807) is 13.0 Å². The number of carbonyl (C=O) groups excluding carboxylic acids is 2. The van der Waals surface area contributed by atoms with Crippen molar-refractivity contribution in [2.75, 3.05) is 23.8 Å². The summed E-state index contributed by atoms with van der Waals surface area (Å²) < 4.78 is 63.5. The maximum absolute atomic E-state index is 13.0. The molecule has 0 unspecified atom stereocenters. The van der Waals surface area contributed by atoms with Gasteiger partial charge in [-0.05, 0) is 89.1 Å². The zero-order chi connectivity index (χ0) is 28.6. The van der Waals surface area contributed by atoms with Gasteiger partial charge >= 0.3 is 6.18 Å². The lowest BCUT2D eigenvalue weighted by molar-refractivity contribution is -0.137. The fraction of sp³-hybridized carbons (Fsp3) is 0.148. The minimum Gasteiger partial charge on any atom is -0.490 e. The van der Waals surface area contributed by atoms with E-state index in [-0.39, 0.29) is 29.4 Å². The summed E-state index contributed by atoms with van der Waals surface area (Å²) >= 11 is 3.32. The van der Waals surface area contributed by atoms with Gasteiger partial charge < -0.3 is 20.1 Å². The van der Waals surface area contributed by atoms with Crippen molar-refractivity contribution in [2.24, 2.45) is 0 Å². The highest BCUT2D eigenvalue weighted by Gasteiger charge is 2.30. The summed E-state index contributed by atoms with van der Waals surface area (Å²) in [6.07, 6.45) is -3.37. The fourth-order valence-electron chi connectivity index (χ4n) is 3.23. The van der Waals surface area contributed by atoms with Crippen molar-refractivity contribution in [1.82, 2.24) is 0 Å². The maximum atomic E-state index is 13.0. The van der Waals surface area contributed by atoms with Crippen LogP contribution in [0.25, 0.3) is 6.08 Å². The molecule has 39 heavy (non-hydrogen) atoms. The van der Waals surface area contributed by atoms with Crippen molar-refractivity contribution < 1.29 is 36.6 Å². The molecule has 0 fully saturated rings. The van der Waals surface area contributed by atoms with Gasteiger partial charge in [0.1, 0.15) is 17.5 Å². The third kappa shape index (κ3) is 8.31. The number of alkyl halides is 3. The van der Waals surface area contributed by atoms with E-state index in [0.29, 0.717) is 15.7 Å². The van der Waals surface area contributed by atoms with Crippen LogP contribution in [0.5, 0.6) is 11.5 Å². The number of amides is 2. The van der Waals surface area contributed by atoms with Crippen LogP contribution in [0.2, 0.25) is 0 Å². The van der Waals surface area contributed by atoms with Gasteiger partial charge in [-0.1, -0.05) is 6.07 Å². The Labute approximate surface area is 229 Å². The number of benzene rings is 3. The quantitative estimate of drug-likeness (QED) is 0.163. The van der Waals surface area contributed by atoms with Crippen molar-refractivity contribution in [3.63, 3.8) is 0 Å². The van der Waals surface area contributed by atoms with E-state index in [0.717, 1.165) is 18.2 Å². The molecule has 0 aromatic heterocycles. The first-order chi connectivity index (χ1) is 18.5. The minimum absolute atomic E-state index is 0.130. The molecule has 3 rings (SSSR count). The molecule has 2 amide bonds. The third-order valence-corrected chi connectivity index (χ3v) is 5.52. The zero-order valence-corrected chi connectivity index (χ0v) is 21.8. The standard InChI is InChI=1S/C27H20BrF4N3O4/c1-2-38-23-12-16(10-17(14-33)26(37)35-21-5-3-4-18(13-21)27(30,31)32)11-22(28)25(23)39-15-24(36)34-20-8-6-19(29)7-9-20/h3-13H,2,15H2,1H3,(H,34,36)(H,35,37)/b17-10-. The molecule has 0 atom stereocenters. The van der Waals surface area contributed by atoms with E-state index in [1.165, 1.54) is 48.5 Å². The Bertz CT molecular complexity index is 1430. The molecule has 0 saturated carbocycles. The molecule has 0 aliphatic heterocycles. The molecule has 0 spiro atoms. The lowest BCUT2D eigenvalue weighted by Gasteiger charge is -2.15. The molecule has 0 bridgehead atoms. The number of ether oxygens (including phenoxy) is 2. The summed E-state index contributed by atoms with van der Waals surface area (Å²) in [5.41, 5.74) is -0.745. The number of carbonyl (C=O) groups is 2. The molecular weight excluding hydrogens is 586 g/mol. The van der Waals surface area contributed by atoms with Gasteiger partial charge in [0, 0.05) is 11.4 Å². The Kier molecular flexibility index (Phi) is 9.68. The van der Waals surface area contributed by atoms with Crippen LogP contribution >= 0.6 is 15.9 Å². The monoisotopic (exact) mass is 605 g/mol. The number of anilines is 2. The number of rotatable bonds is 9. The fourth-order valence-corrected chi connectivity index (χ4v) is 3.80. The SMILES string of the molecule is CCOc1cc(/C=C(/C#N)C(=O)Nc2cccc(C(F)(F)F)c2)cc(Br)c1OCC(=O)Nc1ccc(F)cc1. The lowest BCUT2D eigenvalue weighted by Crippen LogP contribution is -2.20. The first-order valence-corrected chi connectivity index (χ1v) is 12.0.